The van der Waals surface area contributed by atoms with Gasteiger partial charge in [0.25, 0.3) is 0 Å². The number of fused-ring (bicyclic) bond motifs is 1. The van der Waals surface area contributed by atoms with Gasteiger partial charge < -0.3 is 5.11 Å². The van der Waals surface area contributed by atoms with Crippen LogP contribution in [-0.2, 0) is 6.42 Å². The van der Waals surface area contributed by atoms with Crippen LogP contribution in [0.5, 0.6) is 0 Å². The van der Waals surface area contributed by atoms with E-state index in [9.17, 15) is 5.11 Å². The minimum atomic E-state index is 0.131. The molecular formula is C47H60O. The molecule has 0 aromatic heterocycles. The van der Waals surface area contributed by atoms with E-state index in [4.69, 9.17) is 6.58 Å². The van der Waals surface area contributed by atoms with Crippen molar-refractivity contribution in [2.24, 2.45) is 29.6 Å². The smallest absolute Gasteiger partial charge is 0.0647 e. The van der Waals surface area contributed by atoms with Crippen molar-refractivity contribution in [2.45, 2.75) is 72.6 Å². The van der Waals surface area contributed by atoms with E-state index in [1.807, 2.05) is 12.2 Å². The summed E-state index contributed by atoms with van der Waals surface area (Å²) in [6, 6.07) is 9.25. The molecule has 6 atom stereocenters. The summed E-state index contributed by atoms with van der Waals surface area (Å²) in [4.78, 5) is 0. The molecule has 0 radical (unpaired) electrons. The number of hydrogen-bond acceptors (Lipinski definition) is 1. The van der Waals surface area contributed by atoms with Crippen LogP contribution in [0.3, 0.4) is 0 Å². The summed E-state index contributed by atoms with van der Waals surface area (Å²) in [5.74, 6) is 1.70. The monoisotopic (exact) mass is 640 g/mol. The van der Waals surface area contributed by atoms with Crippen LogP contribution in [0.15, 0.2) is 169 Å². The van der Waals surface area contributed by atoms with Crippen LogP contribution < -0.4 is 0 Å². The van der Waals surface area contributed by atoms with Gasteiger partial charge in [-0.05, 0) is 127 Å². The van der Waals surface area contributed by atoms with Gasteiger partial charge in [-0.3, -0.25) is 0 Å². The molecule has 0 aliphatic heterocycles. The summed E-state index contributed by atoms with van der Waals surface area (Å²) in [7, 11) is 0. The molecule has 0 saturated heterocycles. The molecule has 0 saturated carbocycles. The van der Waals surface area contributed by atoms with Gasteiger partial charge in [0.2, 0.25) is 0 Å². The first-order chi connectivity index (χ1) is 23.2. The Labute approximate surface area is 293 Å². The Morgan fingerprint density at radius 3 is 2.31 bits per heavy atom. The van der Waals surface area contributed by atoms with Gasteiger partial charge in [0.05, 0.1) is 6.61 Å². The van der Waals surface area contributed by atoms with Crippen molar-refractivity contribution >= 4 is 0 Å². The lowest BCUT2D eigenvalue weighted by atomic mass is 9.68. The van der Waals surface area contributed by atoms with Crippen molar-refractivity contribution in [3.8, 4) is 0 Å². The Kier molecular flexibility index (Phi) is 15.4. The van der Waals surface area contributed by atoms with Crippen LogP contribution in [0.1, 0.15) is 77.3 Å². The van der Waals surface area contributed by atoms with Gasteiger partial charge in [-0.15, -0.1) is 0 Å². The first kappa shape index (κ1) is 38.5. The molecule has 0 spiro atoms. The van der Waals surface area contributed by atoms with Crippen LogP contribution in [0.2, 0.25) is 0 Å². The average molecular weight is 641 g/mol. The summed E-state index contributed by atoms with van der Waals surface area (Å²) >= 11 is 0. The highest BCUT2D eigenvalue weighted by atomic mass is 16.3. The van der Waals surface area contributed by atoms with Crippen LogP contribution >= 0.6 is 0 Å². The Morgan fingerprint density at radius 1 is 1.00 bits per heavy atom. The molecule has 1 heteroatoms. The van der Waals surface area contributed by atoms with Crippen LogP contribution in [0.4, 0.5) is 0 Å². The van der Waals surface area contributed by atoms with Gasteiger partial charge in [-0.2, -0.15) is 0 Å². The van der Waals surface area contributed by atoms with Crippen molar-refractivity contribution < 1.29 is 5.11 Å². The second-order valence-corrected chi connectivity index (χ2v) is 13.4. The van der Waals surface area contributed by atoms with Crippen molar-refractivity contribution in [2.75, 3.05) is 6.61 Å². The highest BCUT2D eigenvalue weighted by molar-refractivity contribution is 5.58. The quantitative estimate of drug-likeness (QED) is 0.125. The predicted octanol–water partition coefficient (Wildman–Crippen LogP) is 12.5. The fraction of sp³-hybridized carbons (Fsp3) is 0.362. The summed E-state index contributed by atoms with van der Waals surface area (Å²) in [6.45, 7) is 32.9. The molecule has 2 aliphatic rings. The average Bonchev–Trinajstić information content (AvgIpc) is 3.12. The SMILES string of the molecule is C=CC(=C)/C(=C(C(=C)C(C/C=C\C)Cc1ccc(C2C=CCC3C(CO)=CC=C[C@H]32)cc1)/C(=C/C)C[C@@H](/C=C\C)C(=C)C=C)C(C)CC. The van der Waals surface area contributed by atoms with Gasteiger partial charge in [-0.25, -0.2) is 0 Å². The zero-order valence-electron chi connectivity index (χ0n) is 30.4. The van der Waals surface area contributed by atoms with E-state index in [0.717, 1.165) is 54.4 Å². The van der Waals surface area contributed by atoms with Gasteiger partial charge in [0.15, 0.2) is 0 Å². The zero-order chi connectivity index (χ0) is 35.2. The second-order valence-electron chi connectivity index (χ2n) is 13.4. The third-order valence-corrected chi connectivity index (χ3v) is 10.5. The van der Waals surface area contributed by atoms with Gasteiger partial charge >= 0.3 is 0 Å². The van der Waals surface area contributed by atoms with Crippen molar-refractivity contribution in [1.82, 2.24) is 0 Å². The van der Waals surface area contributed by atoms with Crippen molar-refractivity contribution in [1.29, 1.82) is 0 Å². The molecule has 1 N–H and O–H groups in total. The largest absolute Gasteiger partial charge is 0.392 e. The number of aliphatic hydroxyl groups excluding tert-OH is 1. The van der Waals surface area contributed by atoms with Crippen LogP contribution in [0, 0.1) is 29.6 Å². The first-order valence-corrected chi connectivity index (χ1v) is 17.9. The number of aliphatic hydroxyl groups is 1. The Bertz CT molecular complexity index is 1530. The Hall–Kier alpha value is -3.94. The van der Waals surface area contributed by atoms with E-state index in [1.165, 1.54) is 27.8 Å². The maximum Gasteiger partial charge on any atom is 0.0647 e. The normalized spacial score (nSPS) is 21.7. The van der Waals surface area contributed by atoms with E-state index in [-0.39, 0.29) is 18.4 Å². The van der Waals surface area contributed by atoms with E-state index in [0.29, 0.717) is 23.7 Å². The Morgan fingerprint density at radius 2 is 1.73 bits per heavy atom. The van der Waals surface area contributed by atoms with Crippen molar-refractivity contribution in [3.05, 3.63) is 180 Å². The summed E-state index contributed by atoms with van der Waals surface area (Å²) in [5.41, 5.74) is 10.6. The van der Waals surface area contributed by atoms with Gasteiger partial charge in [0.1, 0.15) is 0 Å². The number of hydrogen-bond donors (Lipinski definition) is 1. The summed E-state index contributed by atoms with van der Waals surface area (Å²) in [5, 5.41) is 9.96. The molecular weight excluding hydrogens is 581 g/mol. The van der Waals surface area contributed by atoms with E-state index in [1.54, 1.807) is 0 Å². The Balaban J connectivity index is 2.05. The first-order valence-electron chi connectivity index (χ1n) is 17.9. The highest BCUT2D eigenvalue weighted by Gasteiger charge is 2.33. The number of benzene rings is 1. The number of allylic oxidation sites excluding steroid dienone is 18. The standard InChI is InChI=1S/C47H60O/c1-11-17-21-41(30-37-26-28-39(29-27-37)43-23-19-24-44-42(32-48)22-18-25-45(43)44)36(10)47(46(34(8)14-4)35(9)15-5)38(16-6)31-40(20-12-2)33(7)13-3/h11-14,16-20,22-23,25-29,35,40-41,43-45,48H,3-4,7-8,10,15,21,24,30-32H2,1-2,5-6,9H3/b17-11-,20-12-,38-16+,47-46-/t35?,40-,41?,43?,44?,45+/m1/s1. The third kappa shape index (κ3) is 9.36. The van der Waals surface area contributed by atoms with Crippen LogP contribution in [0.25, 0.3) is 0 Å². The molecule has 254 valence electrons. The van der Waals surface area contributed by atoms with Gasteiger partial charge in [-0.1, -0.05) is 144 Å². The fourth-order valence-electron chi connectivity index (χ4n) is 7.41. The molecule has 1 nitrogen and oxygen atoms in total. The zero-order valence-corrected chi connectivity index (χ0v) is 30.4. The topological polar surface area (TPSA) is 20.2 Å². The van der Waals surface area contributed by atoms with Crippen molar-refractivity contribution in [3.63, 3.8) is 0 Å². The lowest BCUT2D eigenvalue weighted by molar-refractivity contribution is 0.288. The number of rotatable bonds is 18. The summed E-state index contributed by atoms with van der Waals surface area (Å²) in [6.07, 6.45) is 30.6. The minimum Gasteiger partial charge on any atom is -0.392 e. The third-order valence-electron chi connectivity index (χ3n) is 10.5. The maximum absolute atomic E-state index is 9.96. The fourth-order valence-corrected chi connectivity index (χ4v) is 7.41. The lowest BCUT2D eigenvalue weighted by Crippen LogP contribution is -2.27. The summed E-state index contributed by atoms with van der Waals surface area (Å²) < 4.78 is 0. The molecule has 0 amide bonds. The molecule has 2 aliphatic carbocycles. The predicted molar refractivity (Wildman–Crippen MR) is 212 cm³/mol. The minimum absolute atomic E-state index is 0.131. The molecule has 4 unspecified atom stereocenters. The molecule has 0 bridgehead atoms. The molecule has 1 aromatic carbocycles. The highest BCUT2D eigenvalue weighted by Crippen LogP contribution is 2.44. The van der Waals surface area contributed by atoms with E-state index in [2.05, 4.69) is 146 Å². The molecule has 1 aromatic rings. The molecule has 0 fully saturated rings. The van der Waals surface area contributed by atoms with Crippen LogP contribution in [-0.4, -0.2) is 11.7 Å². The van der Waals surface area contributed by atoms with E-state index < -0.39 is 0 Å². The van der Waals surface area contributed by atoms with E-state index >= 15 is 0 Å². The maximum atomic E-state index is 9.96. The molecule has 0 heterocycles. The second kappa shape index (κ2) is 19.2. The lowest BCUT2D eigenvalue weighted by Gasteiger charge is -2.36. The molecule has 3 rings (SSSR count). The molecule has 48 heavy (non-hydrogen) atoms. The van der Waals surface area contributed by atoms with Gasteiger partial charge in [0, 0.05) is 11.8 Å².